The van der Waals surface area contributed by atoms with Gasteiger partial charge in [0.1, 0.15) is 0 Å². The molecule has 0 saturated carbocycles. The Morgan fingerprint density at radius 1 is 1.30 bits per heavy atom. The van der Waals surface area contributed by atoms with Gasteiger partial charge < -0.3 is 5.32 Å². The second-order valence-corrected chi connectivity index (χ2v) is 5.98. The lowest BCUT2D eigenvalue weighted by atomic mass is 10.1. The summed E-state index contributed by atoms with van der Waals surface area (Å²) in [6, 6.07) is 7.43. The van der Waals surface area contributed by atoms with E-state index in [2.05, 4.69) is 5.32 Å². The standard InChI is InChI=1S/C14H20ClNO3S/c1-12-4-6-13(7-5-12)14(17)16-9-2-3-11-20(18)19-10-8-15/h4-7H,2-3,8-11H2,1H3,(H,16,17). The average Bonchev–Trinajstić information content (AvgIpc) is 2.45. The third-order valence-electron chi connectivity index (χ3n) is 2.63. The zero-order chi connectivity index (χ0) is 14.8. The van der Waals surface area contributed by atoms with E-state index in [0.717, 1.165) is 18.4 Å². The molecule has 1 N–H and O–H groups in total. The van der Waals surface area contributed by atoms with Crippen LogP contribution >= 0.6 is 11.6 Å². The molecule has 4 nitrogen and oxygen atoms in total. The first kappa shape index (κ1) is 17.1. The van der Waals surface area contributed by atoms with E-state index in [4.69, 9.17) is 15.8 Å². The number of nitrogens with one attached hydrogen (secondary N) is 1. The normalized spacial score (nSPS) is 12.1. The summed E-state index contributed by atoms with van der Waals surface area (Å²) in [6.45, 7) is 2.85. The molecule has 20 heavy (non-hydrogen) atoms. The number of halogens is 1. The predicted octanol–water partition coefficient (Wildman–Crippen LogP) is 2.42. The maximum atomic E-state index is 11.8. The van der Waals surface area contributed by atoms with Crippen LogP contribution in [0.25, 0.3) is 0 Å². The minimum Gasteiger partial charge on any atom is -0.352 e. The Balaban J connectivity index is 2.13. The SMILES string of the molecule is Cc1ccc(C(=O)NCCCCS(=O)OCCCl)cc1. The minimum absolute atomic E-state index is 0.0792. The van der Waals surface area contributed by atoms with Crippen molar-refractivity contribution in [3.8, 4) is 0 Å². The van der Waals surface area contributed by atoms with Crippen LogP contribution in [0.4, 0.5) is 0 Å². The number of aryl methyl sites for hydroxylation is 1. The Kier molecular flexibility index (Phi) is 8.49. The Bertz CT molecular complexity index is 437. The second-order valence-electron chi connectivity index (χ2n) is 4.35. The van der Waals surface area contributed by atoms with Crippen molar-refractivity contribution in [2.24, 2.45) is 0 Å². The van der Waals surface area contributed by atoms with Crippen LogP contribution in [0.5, 0.6) is 0 Å². The maximum absolute atomic E-state index is 11.8. The average molecular weight is 318 g/mol. The zero-order valence-corrected chi connectivity index (χ0v) is 13.1. The van der Waals surface area contributed by atoms with Gasteiger partial charge in [0.15, 0.2) is 11.1 Å². The molecule has 6 heteroatoms. The highest BCUT2D eigenvalue weighted by Crippen LogP contribution is 2.03. The van der Waals surface area contributed by atoms with E-state index in [1.54, 1.807) is 12.1 Å². The van der Waals surface area contributed by atoms with Crippen LogP contribution in [0, 0.1) is 6.92 Å². The van der Waals surface area contributed by atoms with Crippen molar-refractivity contribution in [1.82, 2.24) is 5.32 Å². The molecule has 0 heterocycles. The molecule has 0 aliphatic rings. The van der Waals surface area contributed by atoms with E-state index in [9.17, 15) is 9.00 Å². The van der Waals surface area contributed by atoms with Gasteiger partial charge in [-0.1, -0.05) is 17.7 Å². The number of hydrogen-bond donors (Lipinski definition) is 1. The van der Waals surface area contributed by atoms with Crippen LogP contribution in [-0.4, -0.2) is 34.9 Å². The first-order chi connectivity index (χ1) is 9.63. The number of carbonyl (C=O) groups is 1. The van der Waals surface area contributed by atoms with Crippen molar-refractivity contribution in [2.45, 2.75) is 19.8 Å². The largest absolute Gasteiger partial charge is 0.352 e. The molecule has 0 bridgehead atoms. The topological polar surface area (TPSA) is 55.4 Å². The Morgan fingerprint density at radius 3 is 2.65 bits per heavy atom. The van der Waals surface area contributed by atoms with Gasteiger partial charge in [0.05, 0.1) is 6.61 Å². The molecule has 0 aromatic heterocycles. The number of amides is 1. The van der Waals surface area contributed by atoms with E-state index in [-0.39, 0.29) is 5.91 Å². The molecule has 0 radical (unpaired) electrons. The van der Waals surface area contributed by atoms with E-state index in [0.29, 0.717) is 30.3 Å². The van der Waals surface area contributed by atoms with Gasteiger partial charge in [-0.05, 0) is 31.9 Å². The fourth-order valence-corrected chi connectivity index (χ4v) is 2.53. The molecular formula is C14H20ClNO3S. The van der Waals surface area contributed by atoms with Crippen LogP contribution < -0.4 is 5.32 Å². The Labute approximate surface area is 127 Å². The van der Waals surface area contributed by atoms with Gasteiger partial charge in [0.2, 0.25) is 0 Å². The highest BCUT2D eigenvalue weighted by atomic mass is 35.5. The molecule has 1 aromatic carbocycles. The van der Waals surface area contributed by atoms with Crippen molar-refractivity contribution < 1.29 is 13.2 Å². The molecule has 1 amide bonds. The molecule has 1 aromatic rings. The van der Waals surface area contributed by atoms with Crippen molar-refractivity contribution in [1.29, 1.82) is 0 Å². The van der Waals surface area contributed by atoms with Crippen LogP contribution in [0.1, 0.15) is 28.8 Å². The summed E-state index contributed by atoms with van der Waals surface area (Å²) in [5.74, 6) is 0.736. The number of unbranched alkanes of at least 4 members (excludes halogenated alkanes) is 1. The Morgan fingerprint density at radius 2 is 2.00 bits per heavy atom. The molecule has 0 aliphatic heterocycles. The monoisotopic (exact) mass is 317 g/mol. The molecule has 0 fully saturated rings. The van der Waals surface area contributed by atoms with Gasteiger partial charge >= 0.3 is 0 Å². The summed E-state index contributed by atoms with van der Waals surface area (Å²) >= 11 is 4.16. The van der Waals surface area contributed by atoms with Gasteiger partial charge in [-0.3, -0.25) is 8.98 Å². The fourth-order valence-electron chi connectivity index (χ4n) is 1.54. The number of alkyl halides is 1. The van der Waals surface area contributed by atoms with Gasteiger partial charge in [-0.15, -0.1) is 11.6 Å². The highest BCUT2D eigenvalue weighted by Gasteiger charge is 2.04. The molecular weight excluding hydrogens is 298 g/mol. The van der Waals surface area contributed by atoms with Crippen LogP contribution in [0.3, 0.4) is 0 Å². The number of benzene rings is 1. The van der Waals surface area contributed by atoms with E-state index >= 15 is 0 Å². The summed E-state index contributed by atoms with van der Waals surface area (Å²) in [4.78, 5) is 11.8. The van der Waals surface area contributed by atoms with Gasteiger partial charge in [-0.25, -0.2) is 4.21 Å². The molecule has 1 unspecified atom stereocenters. The molecule has 1 rings (SSSR count). The van der Waals surface area contributed by atoms with Crippen LogP contribution in [-0.2, 0) is 15.3 Å². The third kappa shape index (κ3) is 7.03. The zero-order valence-electron chi connectivity index (χ0n) is 11.6. The van der Waals surface area contributed by atoms with Crippen LogP contribution in [0.15, 0.2) is 24.3 Å². The summed E-state index contributed by atoms with van der Waals surface area (Å²) in [6.07, 6.45) is 1.51. The number of hydrogen-bond acceptors (Lipinski definition) is 3. The van der Waals surface area contributed by atoms with Crippen LogP contribution in [0.2, 0.25) is 0 Å². The van der Waals surface area contributed by atoms with E-state index < -0.39 is 11.1 Å². The Hall–Kier alpha value is -0.910. The van der Waals surface area contributed by atoms with E-state index in [1.807, 2.05) is 19.1 Å². The van der Waals surface area contributed by atoms with Gasteiger partial charge in [0.25, 0.3) is 5.91 Å². The van der Waals surface area contributed by atoms with Crippen molar-refractivity contribution >= 4 is 28.6 Å². The number of rotatable bonds is 9. The summed E-state index contributed by atoms with van der Waals surface area (Å²) in [5, 5.41) is 2.84. The lowest BCUT2D eigenvalue weighted by Crippen LogP contribution is -2.24. The molecule has 0 saturated heterocycles. The summed E-state index contributed by atoms with van der Waals surface area (Å²) in [5.41, 5.74) is 1.78. The summed E-state index contributed by atoms with van der Waals surface area (Å²) in [7, 11) is 0. The van der Waals surface area contributed by atoms with Crippen molar-refractivity contribution in [3.05, 3.63) is 35.4 Å². The van der Waals surface area contributed by atoms with Crippen molar-refractivity contribution in [3.63, 3.8) is 0 Å². The fraction of sp³-hybridized carbons (Fsp3) is 0.500. The molecule has 0 spiro atoms. The predicted molar refractivity (Wildman–Crippen MR) is 82.4 cm³/mol. The van der Waals surface area contributed by atoms with Crippen molar-refractivity contribution in [2.75, 3.05) is 24.8 Å². The molecule has 0 aliphatic carbocycles. The maximum Gasteiger partial charge on any atom is 0.251 e. The first-order valence-electron chi connectivity index (χ1n) is 6.56. The summed E-state index contributed by atoms with van der Waals surface area (Å²) < 4.78 is 16.2. The second kappa shape index (κ2) is 9.91. The lowest BCUT2D eigenvalue weighted by molar-refractivity contribution is 0.0953. The molecule has 112 valence electrons. The van der Waals surface area contributed by atoms with Gasteiger partial charge in [0, 0.05) is 23.7 Å². The number of carbonyl (C=O) groups excluding carboxylic acids is 1. The van der Waals surface area contributed by atoms with Gasteiger partial charge in [-0.2, -0.15) is 0 Å². The smallest absolute Gasteiger partial charge is 0.251 e. The highest BCUT2D eigenvalue weighted by molar-refractivity contribution is 7.80. The first-order valence-corrected chi connectivity index (χ1v) is 8.34. The molecule has 1 atom stereocenters. The third-order valence-corrected chi connectivity index (χ3v) is 3.83. The minimum atomic E-state index is -1.27. The quantitative estimate of drug-likeness (QED) is 0.562. The van der Waals surface area contributed by atoms with E-state index in [1.165, 1.54) is 0 Å². The lowest BCUT2D eigenvalue weighted by Gasteiger charge is -2.05.